The molecular weight excluding hydrogens is 216 g/mol. The Balaban J connectivity index is 2.64. The quantitative estimate of drug-likeness (QED) is 0.465. The van der Waals surface area contributed by atoms with E-state index in [9.17, 15) is 4.79 Å². The van der Waals surface area contributed by atoms with Crippen molar-refractivity contribution < 1.29 is 4.79 Å². The molecule has 0 aliphatic carbocycles. The lowest BCUT2D eigenvalue weighted by atomic mass is 10.1. The maximum absolute atomic E-state index is 11.6. The van der Waals surface area contributed by atoms with Crippen molar-refractivity contribution in [3.8, 4) is 0 Å². The second-order valence-corrected chi connectivity index (χ2v) is 4.82. The summed E-state index contributed by atoms with van der Waals surface area (Å²) < 4.78 is 0. The van der Waals surface area contributed by atoms with E-state index in [-0.39, 0.29) is 17.4 Å². The van der Waals surface area contributed by atoms with Gasteiger partial charge in [-0.15, -0.1) is 0 Å². The van der Waals surface area contributed by atoms with Gasteiger partial charge in [-0.2, -0.15) is 0 Å². The summed E-state index contributed by atoms with van der Waals surface area (Å²) in [5, 5.41) is 12.7. The summed E-state index contributed by atoms with van der Waals surface area (Å²) in [7, 11) is 0. The van der Waals surface area contributed by atoms with Crippen LogP contribution in [0.15, 0.2) is 24.3 Å². The first-order valence-corrected chi connectivity index (χ1v) is 5.31. The number of nitrogen functional groups attached to an aromatic ring is 1. The molecule has 5 heteroatoms. The fourth-order valence-electron chi connectivity index (χ4n) is 1.24. The van der Waals surface area contributed by atoms with E-state index >= 15 is 0 Å². The average molecular weight is 234 g/mol. The Hall–Kier alpha value is -2.04. The van der Waals surface area contributed by atoms with Crippen LogP contribution in [0.3, 0.4) is 0 Å². The Kier molecular flexibility index (Phi) is 3.73. The number of amidine groups is 1. The number of nitrogens with one attached hydrogen (secondary N) is 3. The molecule has 0 aliphatic rings. The van der Waals surface area contributed by atoms with Crippen LogP contribution in [-0.4, -0.2) is 17.4 Å². The number of hydrogen-bond acceptors (Lipinski definition) is 2. The summed E-state index contributed by atoms with van der Waals surface area (Å²) in [4.78, 5) is 11.6. The molecule has 0 unspecified atom stereocenters. The molecular formula is C12H18N4O. The molecule has 5 nitrogen and oxygen atoms in total. The monoisotopic (exact) mass is 234 g/mol. The van der Waals surface area contributed by atoms with Crippen LogP contribution in [0.4, 0.5) is 10.5 Å². The molecule has 1 aromatic carbocycles. The van der Waals surface area contributed by atoms with Crippen LogP contribution in [0.5, 0.6) is 0 Å². The molecule has 0 fully saturated rings. The van der Waals surface area contributed by atoms with E-state index in [1.54, 1.807) is 24.3 Å². The largest absolute Gasteiger partial charge is 0.384 e. The van der Waals surface area contributed by atoms with Crippen LogP contribution < -0.4 is 16.4 Å². The van der Waals surface area contributed by atoms with Gasteiger partial charge in [0.05, 0.1) is 0 Å². The number of urea groups is 1. The van der Waals surface area contributed by atoms with E-state index in [0.717, 1.165) is 0 Å². The maximum atomic E-state index is 11.6. The zero-order chi connectivity index (χ0) is 13.1. The van der Waals surface area contributed by atoms with Crippen LogP contribution >= 0.6 is 0 Å². The molecule has 1 rings (SSSR count). The average Bonchev–Trinajstić information content (AvgIpc) is 2.15. The number of anilines is 1. The summed E-state index contributed by atoms with van der Waals surface area (Å²) in [6.07, 6.45) is 0. The predicted molar refractivity (Wildman–Crippen MR) is 69.4 cm³/mol. The molecule has 0 saturated heterocycles. The van der Waals surface area contributed by atoms with Crippen LogP contribution in [0, 0.1) is 5.41 Å². The van der Waals surface area contributed by atoms with E-state index in [0.29, 0.717) is 11.3 Å². The Bertz CT molecular complexity index is 417. The molecule has 0 spiro atoms. The second-order valence-electron chi connectivity index (χ2n) is 4.82. The minimum Gasteiger partial charge on any atom is -0.384 e. The highest BCUT2D eigenvalue weighted by Crippen LogP contribution is 2.09. The van der Waals surface area contributed by atoms with Gasteiger partial charge in [-0.25, -0.2) is 4.79 Å². The van der Waals surface area contributed by atoms with Crippen LogP contribution in [0.1, 0.15) is 26.3 Å². The lowest BCUT2D eigenvalue weighted by molar-refractivity contribution is 0.244. The fraction of sp³-hybridized carbons (Fsp3) is 0.333. The molecule has 0 saturated carbocycles. The predicted octanol–water partition coefficient (Wildman–Crippen LogP) is 1.89. The Morgan fingerprint density at radius 3 is 2.18 bits per heavy atom. The molecule has 0 radical (unpaired) electrons. The summed E-state index contributed by atoms with van der Waals surface area (Å²) in [6, 6.07) is 6.54. The third-order valence-corrected chi connectivity index (χ3v) is 1.94. The second kappa shape index (κ2) is 4.86. The highest BCUT2D eigenvalue weighted by molar-refractivity contribution is 5.96. The van der Waals surface area contributed by atoms with Crippen molar-refractivity contribution in [2.24, 2.45) is 5.73 Å². The Morgan fingerprint density at radius 2 is 1.76 bits per heavy atom. The van der Waals surface area contributed by atoms with Gasteiger partial charge in [0.25, 0.3) is 0 Å². The number of hydrogen-bond donors (Lipinski definition) is 4. The maximum Gasteiger partial charge on any atom is 0.319 e. The molecule has 92 valence electrons. The lowest BCUT2D eigenvalue weighted by Crippen LogP contribution is -2.43. The van der Waals surface area contributed by atoms with E-state index in [1.807, 2.05) is 20.8 Å². The Labute approximate surface area is 101 Å². The first-order chi connectivity index (χ1) is 7.78. The number of carbonyl (C=O) groups is 1. The van der Waals surface area contributed by atoms with Crippen LogP contribution in [0.25, 0.3) is 0 Å². The first-order valence-electron chi connectivity index (χ1n) is 5.31. The highest BCUT2D eigenvalue weighted by Gasteiger charge is 2.13. The van der Waals surface area contributed by atoms with Gasteiger partial charge < -0.3 is 16.4 Å². The Morgan fingerprint density at radius 1 is 1.24 bits per heavy atom. The van der Waals surface area contributed by atoms with Gasteiger partial charge >= 0.3 is 6.03 Å². The molecule has 17 heavy (non-hydrogen) atoms. The van der Waals surface area contributed by atoms with Crippen molar-refractivity contribution in [2.45, 2.75) is 26.3 Å². The molecule has 0 bridgehead atoms. The zero-order valence-corrected chi connectivity index (χ0v) is 10.3. The molecule has 1 aromatic rings. The molecule has 0 heterocycles. The smallest absolute Gasteiger partial charge is 0.319 e. The normalized spacial score (nSPS) is 10.8. The van der Waals surface area contributed by atoms with Gasteiger partial charge in [-0.05, 0) is 45.0 Å². The third kappa shape index (κ3) is 4.55. The van der Waals surface area contributed by atoms with Crippen molar-refractivity contribution >= 4 is 17.6 Å². The summed E-state index contributed by atoms with van der Waals surface area (Å²) in [6.45, 7) is 5.72. The third-order valence-electron chi connectivity index (χ3n) is 1.94. The minimum atomic E-state index is -0.274. The fourth-order valence-corrected chi connectivity index (χ4v) is 1.24. The van der Waals surface area contributed by atoms with Gasteiger partial charge in [-0.1, -0.05) is 0 Å². The number of rotatable bonds is 2. The van der Waals surface area contributed by atoms with Crippen LogP contribution in [0.2, 0.25) is 0 Å². The van der Waals surface area contributed by atoms with E-state index in [4.69, 9.17) is 11.1 Å². The topological polar surface area (TPSA) is 91.0 Å². The van der Waals surface area contributed by atoms with E-state index in [2.05, 4.69) is 10.6 Å². The minimum absolute atomic E-state index is 0.00990. The van der Waals surface area contributed by atoms with E-state index in [1.165, 1.54) is 0 Å². The van der Waals surface area contributed by atoms with Crippen molar-refractivity contribution in [3.63, 3.8) is 0 Å². The number of carbonyl (C=O) groups excluding carboxylic acids is 1. The van der Waals surface area contributed by atoms with Gasteiger partial charge in [0.1, 0.15) is 5.84 Å². The van der Waals surface area contributed by atoms with E-state index < -0.39 is 0 Å². The summed E-state index contributed by atoms with van der Waals surface area (Å²) >= 11 is 0. The van der Waals surface area contributed by atoms with Crippen LogP contribution in [-0.2, 0) is 0 Å². The summed E-state index contributed by atoms with van der Waals surface area (Å²) in [5.41, 5.74) is 6.35. The molecule has 2 amide bonds. The summed E-state index contributed by atoms with van der Waals surface area (Å²) in [5.74, 6) is 0.00990. The molecule has 0 aromatic heterocycles. The van der Waals surface area contributed by atoms with Crippen molar-refractivity contribution in [1.82, 2.24) is 5.32 Å². The van der Waals surface area contributed by atoms with Gasteiger partial charge in [0.2, 0.25) is 0 Å². The number of amides is 2. The van der Waals surface area contributed by atoms with Gasteiger partial charge in [0, 0.05) is 16.8 Å². The van der Waals surface area contributed by atoms with Crippen molar-refractivity contribution in [3.05, 3.63) is 29.8 Å². The SMILES string of the molecule is CC(C)(C)NC(=O)Nc1ccc(C(=N)N)cc1. The molecule has 0 aliphatic heterocycles. The number of benzene rings is 1. The van der Waals surface area contributed by atoms with Gasteiger partial charge in [0.15, 0.2) is 0 Å². The zero-order valence-electron chi connectivity index (χ0n) is 10.3. The number of nitrogens with two attached hydrogens (primary N) is 1. The first kappa shape index (κ1) is 13.0. The standard InChI is InChI=1S/C12H18N4O/c1-12(2,3)16-11(17)15-9-6-4-8(5-7-9)10(13)14/h4-7H,1-3H3,(H3,13,14)(H2,15,16,17). The van der Waals surface area contributed by atoms with Crippen molar-refractivity contribution in [2.75, 3.05) is 5.32 Å². The lowest BCUT2D eigenvalue weighted by Gasteiger charge is -2.20. The molecule has 0 atom stereocenters. The highest BCUT2D eigenvalue weighted by atomic mass is 16.2. The molecule has 5 N–H and O–H groups in total. The van der Waals surface area contributed by atoms with Gasteiger partial charge in [-0.3, -0.25) is 5.41 Å². The van der Waals surface area contributed by atoms with Crippen molar-refractivity contribution in [1.29, 1.82) is 5.41 Å².